The summed E-state index contributed by atoms with van der Waals surface area (Å²) in [7, 11) is 2.96. The van der Waals surface area contributed by atoms with Gasteiger partial charge in [-0.25, -0.2) is 9.59 Å². The highest BCUT2D eigenvalue weighted by Gasteiger charge is 2.27. The lowest BCUT2D eigenvalue weighted by Gasteiger charge is -2.33. The molecule has 0 aliphatic heterocycles. The Morgan fingerprint density at radius 2 is 2.00 bits per heavy atom. The van der Waals surface area contributed by atoms with E-state index in [1.165, 1.54) is 30.2 Å². The monoisotopic (exact) mass is 296 g/mol. The molecule has 1 rings (SSSR count). The van der Waals surface area contributed by atoms with Crippen molar-refractivity contribution in [3.63, 3.8) is 0 Å². The molecule has 7 nitrogen and oxygen atoms in total. The van der Waals surface area contributed by atoms with Crippen molar-refractivity contribution in [2.45, 2.75) is 19.4 Å². The first-order chi connectivity index (χ1) is 9.72. The maximum absolute atomic E-state index is 12.2. The standard InChI is InChI=1S/C14H20N2O5/c1-14(2,8-17)16(3)13(20)15-10-7-9(12(18)19)5-6-11(10)21-4/h5-7,17H,8H2,1-4H3,(H,15,20)(H,18,19). The van der Waals surface area contributed by atoms with Crippen LogP contribution in [-0.2, 0) is 0 Å². The third kappa shape index (κ3) is 3.85. The Hall–Kier alpha value is -2.28. The fraction of sp³-hybridized carbons (Fsp3) is 0.429. The third-order valence-electron chi connectivity index (χ3n) is 3.29. The Balaban J connectivity index is 3.03. The van der Waals surface area contributed by atoms with Gasteiger partial charge in [0.05, 0.1) is 30.5 Å². The van der Waals surface area contributed by atoms with Gasteiger partial charge in [0.15, 0.2) is 0 Å². The number of likely N-dealkylation sites (N-methyl/N-ethyl adjacent to an activating group) is 1. The molecule has 1 aromatic rings. The van der Waals surface area contributed by atoms with E-state index in [0.717, 1.165) is 0 Å². The second-order valence-electron chi connectivity index (χ2n) is 5.18. The van der Waals surface area contributed by atoms with Crippen molar-refractivity contribution in [2.24, 2.45) is 0 Å². The van der Waals surface area contributed by atoms with Crippen LogP contribution in [0.5, 0.6) is 5.75 Å². The van der Waals surface area contributed by atoms with Crippen LogP contribution in [-0.4, -0.2) is 53.4 Å². The smallest absolute Gasteiger partial charge is 0.335 e. The van der Waals surface area contributed by atoms with Crippen LogP contribution in [0.15, 0.2) is 18.2 Å². The molecule has 0 bridgehead atoms. The number of benzene rings is 1. The van der Waals surface area contributed by atoms with Crippen molar-refractivity contribution < 1.29 is 24.5 Å². The number of rotatable bonds is 5. The Morgan fingerprint density at radius 3 is 2.48 bits per heavy atom. The number of methoxy groups -OCH3 is 1. The molecule has 3 N–H and O–H groups in total. The summed E-state index contributed by atoms with van der Waals surface area (Å²) in [6, 6.07) is 3.70. The number of aliphatic hydroxyl groups is 1. The van der Waals surface area contributed by atoms with Crippen molar-refractivity contribution in [3.8, 4) is 5.75 Å². The Kier molecular flexibility index (Phi) is 5.15. The average molecular weight is 296 g/mol. The van der Waals surface area contributed by atoms with Crippen LogP contribution < -0.4 is 10.1 Å². The number of carboxylic acid groups (broad SMARTS) is 1. The van der Waals surface area contributed by atoms with Crippen LogP contribution >= 0.6 is 0 Å². The maximum Gasteiger partial charge on any atom is 0.335 e. The number of nitrogens with zero attached hydrogens (tertiary/aromatic N) is 1. The number of aromatic carboxylic acids is 1. The molecule has 0 saturated heterocycles. The van der Waals surface area contributed by atoms with Gasteiger partial charge in [-0.05, 0) is 32.0 Å². The Morgan fingerprint density at radius 1 is 1.38 bits per heavy atom. The Bertz CT molecular complexity index is 542. The predicted octanol–water partition coefficient (Wildman–Crippen LogP) is 1.63. The van der Waals surface area contributed by atoms with E-state index in [1.807, 2.05) is 0 Å². The number of carboxylic acids is 1. The van der Waals surface area contributed by atoms with Crippen molar-refractivity contribution in [1.29, 1.82) is 0 Å². The molecule has 0 unspecified atom stereocenters. The second kappa shape index (κ2) is 6.45. The van der Waals surface area contributed by atoms with Gasteiger partial charge in [0.2, 0.25) is 0 Å². The molecule has 0 spiro atoms. The summed E-state index contributed by atoms with van der Waals surface area (Å²) in [5.74, 6) is -0.749. The van der Waals surface area contributed by atoms with Gasteiger partial charge in [-0.1, -0.05) is 0 Å². The van der Waals surface area contributed by atoms with Crippen LogP contribution in [0.2, 0.25) is 0 Å². The molecule has 0 aliphatic rings. The summed E-state index contributed by atoms with van der Waals surface area (Å²) >= 11 is 0. The molecule has 21 heavy (non-hydrogen) atoms. The molecule has 0 atom stereocenters. The average Bonchev–Trinajstić information content (AvgIpc) is 2.46. The van der Waals surface area contributed by atoms with Crippen molar-refractivity contribution >= 4 is 17.7 Å². The summed E-state index contributed by atoms with van der Waals surface area (Å²) in [4.78, 5) is 24.5. The number of anilines is 1. The lowest BCUT2D eigenvalue weighted by atomic mass is 10.1. The zero-order valence-electron chi connectivity index (χ0n) is 12.5. The summed E-state index contributed by atoms with van der Waals surface area (Å²) < 4.78 is 5.10. The molecule has 116 valence electrons. The number of carbonyl (C=O) groups is 2. The first-order valence-corrected chi connectivity index (χ1v) is 6.30. The molecule has 1 aromatic carbocycles. The fourth-order valence-corrected chi connectivity index (χ4v) is 1.52. The number of hydrogen-bond donors (Lipinski definition) is 3. The SMILES string of the molecule is COc1ccc(C(=O)O)cc1NC(=O)N(C)C(C)(C)CO. The largest absolute Gasteiger partial charge is 0.495 e. The zero-order chi connectivity index (χ0) is 16.2. The van der Waals surface area contributed by atoms with Crippen LogP contribution in [0.25, 0.3) is 0 Å². The minimum Gasteiger partial charge on any atom is -0.495 e. The molecule has 0 fully saturated rings. The summed E-state index contributed by atoms with van der Waals surface area (Å²) in [5.41, 5.74) is -0.458. The Labute approximate surface area is 123 Å². The van der Waals surface area contributed by atoms with E-state index >= 15 is 0 Å². The highest BCUT2D eigenvalue weighted by molar-refractivity contribution is 5.95. The highest BCUT2D eigenvalue weighted by atomic mass is 16.5. The molecular weight excluding hydrogens is 276 g/mol. The molecule has 0 radical (unpaired) electrons. The van der Waals surface area contributed by atoms with Crippen LogP contribution in [0.3, 0.4) is 0 Å². The topological polar surface area (TPSA) is 99.1 Å². The number of hydrogen-bond acceptors (Lipinski definition) is 4. The number of nitrogens with one attached hydrogen (secondary N) is 1. The van der Waals surface area contributed by atoms with Gasteiger partial charge < -0.3 is 25.2 Å². The number of urea groups is 1. The van der Waals surface area contributed by atoms with Gasteiger partial charge >= 0.3 is 12.0 Å². The lowest BCUT2D eigenvalue weighted by Crippen LogP contribution is -2.49. The number of amides is 2. The van der Waals surface area contributed by atoms with Crippen LogP contribution in [0.4, 0.5) is 10.5 Å². The fourth-order valence-electron chi connectivity index (χ4n) is 1.52. The van der Waals surface area contributed by atoms with Gasteiger partial charge in [-0.2, -0.15) is 0 Å². The minimum absolute atomic E-state index is 0.0372. The molecular formula is C14H20N2O5. The molecule has 2 amide bonds. The first kappa shape index (κ1) is 16.8. The van der Waals surface area contributed by atoms with E-state index in [1.54, 1.807) is 20.9 Å². The molecule has 0 aliphatic carbocycles. The lowest BCUT2D eigenvalue weighted by molar-refractivity contribution is 0.0696. The van der Waals surface area contributed by atoms with E-state index in [4.69, 9.17) is 9.84 Å². The maximum atomic E-state index is 12.2. The summed E-state index contributed by atoms with van der Waals surface area (Å²) in [6.07, 6.45) is 0. The van der Waals surface area contributed by atoms with E-state index in [9.17, 15) is 14.7 Å². The van der Waals surface area contributed by atoms with E-state index in [2.05, 4.69) is 5.32 Å². The van der Waals surface area contributed by atoms with E-state index in [-0.39, 0.29) is 17.9 Å². The van der Waals surface area contributed by atoms with Crippen molar-refractivity contribution in [2.75, 3.05) is 26.1 Å². The number of carbonyl (C=O) groups excluding carboxylic acids is 1. The third-order valence-corrected chi connectivity index (χ3v) is 3.29. The van der Waals surface area contributed by atoms with Gasteiger partial charge in [0.1, 0.15) is 5.75 Å². The van der Waals surface area contributed by atoms with Gasteiger partial charge in [-0.15, -0.1) is 0 Å². The van der Waals surface area contributed by atoms with Gasteiger partial charge in [0.25, 0.3) is 0 Å². The quantitative estimate of drug-likeness (QED) is 0.767. The zero-order valence-corrected chi connectivity index (χ0v) is 12.5. The van der Waals surface area contributed by atoms with E-state index < -0.39 is 17.5 Å². The van der Waals surface area contributed by atoms with Crippen molar-refractivity contribution in [1.82, 2.24) is 4.90 Å². The minimum atomic E-state index is -1.10. The first-order valence-electron chi connectivity index (χ1n) is 6.30. The normalized spacial score (nSPS) is 10.9. The summed E-state index contributed by atoms with van der Waals surface area (Å²) in [6.45, 7) is 3.21. The van der Waals surface area contributed by atoms with E-state index in [0.29, 0.717) is 5.75 Å². The highest BCUT2D eigenvalue weighted by Crippen LogP contribution is 2.26. The van der Waals surface area contributed by atoms with Crippen LogP contribution in [0.1, 0.15) is 24.2 Å². The van der Waals surface area contributed by atoms with Gasteiger partial charge in [0, 0.05) is 7.05 Å². The summed E-state index contributed by atoms with van der Waals surface area (Å²) in [5, 5.41) is 20.8. The number of aliphatic hydroxyl groups excluding tert-OH is 1. The number of ether oxygens (including phenoxy) is 1. The second-order valence-corrected chi connectivity index (χ2v) is 5.18. The molecule has 0 saturated carbocycles. The molecule has 7 heteroatoms. The van der Waals surface area contributed by atoms with Gasteiger partial charge in [-0.3, -0.25) is 0 Å². The predicted molar refractivity (Wildman–Crippen MR) is 77.9 cm³/mol. The molecule has 0 aromatic heterocycles. The van der Waals surface area contributed by atoms with Crippen LogP contribution in [0, 0.1) is 0 Å². The molecule has 0 heterocycles. The van der Waals surface area contributed by atoms with Crippen molar-refractivity contribution in [3.05, 3.63) is 23.8 Å².